The van der Waals surface area contributed by atoms with Crippen LogP contribution in [0.1, 0.15) is 59.3 Å². The molecule has 2 atom stereocenters. The molecular formula is C24H26F3NO5S. The van der Waals surface area contributed by atoms with Gasteiger partial charge < -0.3 is 14.4 Å². The number of halogens is 3. The molecule has 2 aromatic carbocycles. The smallest absolute Gasteiger partial charge is 0.425 e. The Morgan fingerprint density at radius 1 is 1.12 bits per heavy atom. The maximum atomic E-state index is 13.4. The van der Waals surface area contributed by atoms with E-state index in [0.29, 0.717) is 6.61 Å². The van der Waals surface area contributed by atoms with Gasteiger partial charge in [0.25, 0.3) is 5.91 Å². The predicted molar refractivity (Wildman–Crippen MR) is 118 cm³/mol. The summed E-state index contributed by atoms with van der Waals surface area (Å²) in [4.78, 5) is 14.7. The van der Waals surface area contributed by atoms with Gasteiger partial charge in [0, 0.05) is 26.0 Å². The van der Waals surface area contributed by atoms with Crippen LogP contribution in [0.25, 0.3) is 0 Å². The highest BCUT2D eigenvalue weighted by atomic mass is 32.2. The lowest BCUT2D eigenvalue weighted by atomic mass is 9.98. The Hall–Kier alpha value is -2.59. The molecule has 0 saturated carbocycles. The standard InChI is InChI=1S/C24H26F3NO5S/c1-15(24(25,26)27)33-22-9-8-19(34(2,30)31)12-20(22)23(29)28-13-17-7-6-16(11-18(17)14-28)21-5-3-4-10-32-21/h6-9,11-12,15,21H,3-5,10,13-14H2,1-2H3. The van der Waals surface area contributed by atoms with E-state index < -0.39 is 28.0 Å². The maximum Gasteiger partial charge on any atom is 0.425 e. The van der Waals surface area contributed by atoms with Crippen molar-refractivity contribution in [1.29, 1.82) is 0 Å². The Kier molecular flexibility index (Phi) is 6.65. The summed E-state index contributed by atoms with van der Waals surface area (Å²) in [6.07, 6.45) is -2.78. The fraction of sp³-hybridized carbons (Fsp3) is 0.458. The number of nitrogens with zero attached hydrogens (tertiary/aromatic N) is 1. The van der Waals surface area contributed by atoms with Gasteiger partial charge in [0.15, 0.2) is 15.9 Å². The Morgan fingerprint density at radius 3 is 2.50 bits per heavy atom. The summed E-state index contributed by atoms with van der Waals surface area (Å²) in [5.41, 5.74) is 2.68. The summed E-state index contributed by atoms with van der Waals surface area (Å²) >= 11 is 0. The van der Waals surface area contributed by atoms with Crippen molar-refractivity contribution in [2.75, 3.05) is 12.9 Å². The second-order valence-electron chi connectivity index (χ2n) is 8.78. The molecule has 0 aromatic heterocycles. The lowest BCUT2D eigenvalue weighted by Gasteiger charge is -2.23. The number of ether oxygens (including phenoxy) is 2. The number of alkyl halides is 3. The zero-order chi connectivity index (χ0) is 24.7. The number of hydrogen-bond acceptors (Lipinski definition) is 5. The first-order chi connectivity index (χ1) is 15.9. The van der Waals surface area contributed by atoms with Gasteiger partial charge in [0.2, 0.25) is 0 Å². The summed E-state index contributed by atoms with van der Waals surface area (Å²) in [7, 11) is -3.69. The van der Waals surface area contributed by atoms with E-state index >= 15 is 0 Å². The molecule has 6 nitrogen and oxygen atoms in total. The van der Waals surface area contributed by atoms with Crippen molar-refractivity contribution < 1.29 is 35.9 Å². The van der Waals surface area contributed by atoms with E-state index in [1.807, 2.05) is 18.2 Å². The van der Waals surface area contributed by atoms with Gasteiger partial charge in [-0.2, -0.15) is 13.2 Å². The third-order valence-electron chi connectivity index (χ3n) is 6.17. The fourth-order valence-corrected chi connectivity index (χ4v) is 4.85. The van der Waals surface area contributed by atoms with Crippen molar-refractivity contribution in [1.82, 2.24) is 4.90 Å². The first kappa shape index (κ1) is 24.5. The van der Waals surface area contributed by atoms with Crippen LogP contribution >= 0.6 is 0 Å². The van der Waals surface area contributed by atoms with Gasteiger partial charge in [-0.15, -0.1) is 0 Å². The Labute approximate surface area is 196 Å². The summed E-state index contributed by atoms with van der Waals surface area (Å²) in [5, 5.41) is 0. The quantitative estimate of drug-likeness (QED) is 0.593. The third kappa shape index (κ3) is 5.22. The normalized spacial score (nSPS) is 19.6. The summed E-state index contributed by atoms with van der Waals surface area (Å²) < 4.78 is 74.2. The number of sulfone groups is 1. The van der Waals surface area contributed by atoms with Crippen molar-refractivity contribution in [2.45, 2.75) is 62.6 Å². The van der Waals surface area contributed by atoms with Crippen LogP contribution in [-0.4, -0.2) is 44.4 Å². The number of carbonyl (C=O) groups excluding carboxylic acids is 1. The molecule has 2 unspecified atom stereocenters. The van der Waals surface area contributed by atoms with E-state index in [1.165, 1.54) is 4.90 Å². The van der Waals surface area contributed by atoms with Crippen molar-refractivity contribution in [2.24, 2.45) is 0 Å². The van der Waals surface area contributed by atoms with Crippen molar-refractivity contribution in [3.8, 4) is 5.75 Å². The highest BCUT2D eigenvalue weighted by Crippen LogP contribution is 2.34. The topological polar surface area (TPSA) is 72.9 Å². The van der Waals surface area contributed by atoms with E-state index in [0.717, 1.165) is 67.3 Å². The molecule has 1 amide bonds. The molecule has 0 aliphatic carbocycles. The maximum absolute atomic E-state index is 13.4. The van der Waals surface area contributed by atoms with Crippen LogP contribution in [0, 0.1) is 0 Å². The molecule has 10 heteroatoms. The minimum absolute atomic E-state index is 0.0131. The average molecular weight is 498 g/mol. The van der Waals surface area contributed by atoms with Crippen LogP contribution in [0.5, 0.6) is 5.75 Å². The van der Waals surface area contributed by atoms with Crippen LogP contribution in [0.3, 0.4) is 0 Å². The molecule has 2 heterocycles. The molecular weight excluding hydrogens is 471 g/mol. The number of rotatable bonds is 5. The second-order valence-corrected chi connectivity index (χ2v) is 10.8. The van der Waals surface area contributed by atoms with Gasteiger partial charge >= 0.3 is 6.18 Å². The molecule has 1 saturated heterocycles. The van der Waals surface area contributed by atoms with Gasteiger partial charge in [-0.3, -0.25) is 4.79 Å². The van der Waals surface area contributed by atoms with Crippen LogP contribution in [0.2, 0.25) is 0 Å². The zero-order valence-corrected chi connectivity index (χ0v) is 19.7. The summed E-state index contributed by atoms with van der Waals surface area (Å²) in [6.45, 7) is 2.06. The van der Waals surface area contributed by atoms with Crippen LogP contribution in [0.15, 0.2) is 41.3 Å². The fourth-order valence-electron chi connectivity index (χ4n) is 4.20. The Balaban J connectivity index is 1.61. The molecule has 184 valence electrons. The first-order valence-corrected chi connectivity index (χ1v) is 12.9. The molecule has 0 bridgehead atoms. The minimum Gasteiger partial charge on any atom is -0.480 e. The van der Waals surface area contributed by atoms with Crippen molar-refractivity contribution in [3.05, 3.63) is 58.7 Å². The van der Waals surface area contributed by atoms with Gasteiger partial charge in [0.05, 0.1) is 16.6 Å². The molecule has 4 rings (SSSR count). The minimum atomic E-state index is -4.64. The molecule has 34 heavy (non-hydrogen) atoms. The largest absolute Gasteiger partial charge is 0.480 e. The third-order valence-corrected chi connectivity index (χ3v) is 7.28. The SMILES string of the molecule is CC(Oc1ccc(S(C)(=O)=O)cc1C(=O)N1Cc2ccc(C3CCCCO3)cc2C1)C(F)(F)F. The van der Waals surface area contributed by atoms with Gasteiger partial charge in [0.1, 0.15) is 5.75 Å². The van der Waals surface area contributed by atoms with Gasteiger partial charge in [-0.1, -0.05) is 18.2 Å². The number of carbonyl (C=O) groups is 1. The molecule has 1 fully saturated rings. The van der Waals surface area contributed by atoms with E-state index in [9.17, 15) is 26.4 Å². The highest BCUT2D eigenvalue weighted by molar-refractivity contribution is 7.90. The van der Waals surface area contributed by atoms with Crippen molar-refractivity contribution in [3.63, 3.8) is 0 Å². The molecule has 0 spiro atoms. The van der Waals surface area contributed by atoms with Crippen LogP contribution in [0.4, 0.5) is 13.2 Å². The molecule has 2 aromatic rings. The monoisotopic (exact) mass is 497 g/mol. The van der Waals surface area contributed by atoms with E-state index in [4.69, 9.17) is 9.47 Å². The molecule has 2 aliphatic rings. The Bertz CT molecular complexity index is 1190. The molecule has 0 N–H and O–H groups in total. The lowest BCUT2D eigenvalue weighted by Crippen LogP contribution is -2.32. The van der Waals surface area contributed by atoms with Gasteiger partial charge in [-0.25, -0.2) is 8.42 Å². The summed E-state index contributed by atoms with van der Waals surface area (Å²) in [5.74, 6) is -0.906. The number of fused-ring (bicyclic) bond motifs is 1. The zero-order valence-electron chi connectivity index (χ0n) is 18.9. The number of benzene rings is 2. The van der Waals surface area contributed by atoms with E-state index in [-0.39, 0.29) is 35.4 Å². The van der Waals surface area contributed by atoms with Crippen LogP contribution in [-0.2, 0) is 27.7 Å². The highest BCUT2D eigenvalue weighted by Gasteiger charge is 2.39. The lowest BCUT2D eigenvalue weighted by molar-refractivity contribution is -0.189. The molecule has 0 radical (unpaired) electrons. The van der Waals surface area contributed by atoms with Crippen LogP contribution < -0.4 is 4.74 Å². The second kappa shape index (κ2) is 9.22. The summed E-state index contributed by atoms with van der Waals surface area (Å²) in [6, 6.07) is 9.25. The van der Waals surface area contributed by atoms with Crippen molar-refractivity contribution >= 4 is 15.7 Å². The Morgan fingerprint density at radius 2 is 1.85 bits per heavy atom. The number of hydrogen-bond donors (Lipinski definition) is 0. The van der Waals surface area contributed by atoms with Gasteiger partial charge in [-0.05, 0) is 61.1 Å². The predicted octanol–water partition coefficient (Wildman–Crippen LogP) is 4.82. The van der Waals surface area contributed by atoms with E-state index in [2.05, 4.69) is 0 Å². The molecule has 2 aliphatic heterocycles. The van der Waals surface area contributed by atoms with E-state index in [1.54, 1.807) is 0 Å². The number of amides is 1. The average Bonchev–Trinajstić information content (AvgIpc) is 3.21. The first-order valence-electron chi connectivity index (χ1n) is 11.0.